The highest BCUT2D eigenvalue weighted by atomic mass is 79.9. The molecule has 2 heterocycles. The van der Waals surface area contributed by atoms with Crippen molar-refractivity contribution in [1.29, 1.82) is 4.78 Å². The third kappa shape index (κ3) is 2.15. The van der Waals surface area contributed by atoms with Gasteiger partial charge in [0.05, 0.1) is 0 Å². The minimum absolute atomic E-state index is 0.216. The molecule has 2 unspecified atom stereocenters. The van der Waals surface area contributed by atoms with E-state index >= 15 is 0 Å². The summed E-state index contributed by atoms with van der Waals surface area (Å²) in [5.74, 6) is 1.21. The predicted molar refractivity (Wildman–Crippen MR) is 59.9 cm³/mol. The molecule has 1 aromatic heterocycles. The molecule has 1 aromatic rings. The zero-order valence-corrected chi connectivity index (χ0v) is 9.97. The Morgan fingerprint density at radius 3 is 2.86 bits per heavy atom. The first kappa shape index (κ1) is 10.1. The lowest BCUT2D eigenvalue weighted by molar-refractivity contribution is 0.678. The molecular formula is C9H11BrN2OS. The summed E-state index contributed by atoms with van der Waals surface area (Å²) < 4.78 is 19.9. The Balaban J connectivity index is 2.22. The summed E-state index contributed by atoms with van der Waals surface area (Å²) in [7, 11) is -2.31. The Labute approximate surface area is 92.0 Å². The van der Waals surface area contributed by atoms with Crippen molar-refractivity contribution in [3.8, 4) is 0 Å². The second-order valence-corrected chi connectivity index (χ2v) is 6.85. The monoisotopic (exact) mass is 274 g/mol. The minimum Gasteiger partial charge on any atom is -0.260 e. The van der Waals surface area contributed by atoms with Crippen LogP contribution < -0.4 is 0 Å². The second kappa shape index (κ2) is 3.62. The summed E-state index contributed by atoms with van der Waals surface area (Å²) in [4.78, 5) is 4.27. The molecule has 1 N–H and O–H groups in total. The Kier molecular flexibility index (Phi) is 2.62. The van der Waals surface area contributed by atoms with E-state index in [4.69, 9.17) is 4.78 Å². The van der Waals surface area contributed by atoms with Crippen LogP contribution in [0.5, 0.6) is 0 Å². The van der Waals surface area contributed by atoms with Gasteiger partial charge in [-0.05, 0) is 34.5 Å². The molecule has 5 heteroatoms. The second-order valence-electron chi connectivity index (χ2n) is 3.57. The lowest BCUT2D eigenvalue weighted by Gasteiger charge is -2.06. The van der Waals surface area contributed by atoms with Crippen molar-refractivity contribution in [2.24, 2.45) is 0 Å². The number of nitrogens with zero attached hydrogens (tertiary/aromatic N) is 1. The lowest BCUT2D eigenvalue weighted by Crippen LogP contribution is -2.03. The Morgan fingerprint density at radius 2 is 2.36 bits per heavy atom. The maximum atomic E-state index is 11.5. The van der Waals surface area contributed by atoms with E-state index in [1.165, 1.54) is 0 Å². The van der Waals surface area contributed by atoms with Crippen molar-refractivity contribution in [1.82, 2.24) is 4.98 Å². The fraction of sp³-hybridized carbons (Fsp3) is 0.444. The minimum atomic E-state index is -2.31. The summed E-state index contributed by atoms with van der Waals surface area (Å²) >= 11 is 3.32. The Morgan fingerprint density at radius 1 is 1.57 bits per heavy atom. The Hall–Kier alpha value is -0.420. The molecule has 2 atom stereocenters. The SMILES string of the molecule is N=S1(=O)CCC(c2ccc(Br)cn2)C1. The molecule has 14 heavy (non-hydrogen) atoms. The van der Waals surface area contributed by atoms with Gasteiger partial charge in [-0.25, -0.2) is 4.21 Å². The molecule has 0 aromatic carbocycles. The van der Waals surface area contributed by atoms with Gasteiger partial charge < -0.3 is 0 Å². The van der Waals surface area contributed by atoms with Crippen molar-refractivity contribution in [3.63, 3.8) is 0 Å². The van der Waals surface area contributed by atoms with Crippen LogP contribution in [-0.4, -0.2) is 20.7 Å². The highest BCUT2D eigenvalue weighted by molar-refractivity contribution is 9.10. The van der Waals surface area contributed by atoms with Crippen LogP contribution in [0.3, 0.4) is 0 Å². The van der Waals surface area contributed by atoms with Crippen LogP contribution in [0.4, 0.5) is 0 Å². The summed E-state index contributed by atoms with van der Waals surface area (Å²) in [5.41, 5.74) is 0.964. The van der Waals surface area contributed by atoms with Crippen molar-refractivity contribution in [2.45, 2.75) is 12.3 Å². The number of halogens is 1. The molecule has 0 amide bonds. The van der Waals surface area contributed by atoms with E-state index in [9.17, 15) is 4.21 Å². The van der Waals surface area contributed by atoms with Crippen LogP contribution in [0.25, 0.3) is 0 Å². The van der Waals surface area contributed by atoms with E-state index in [0.717, 1.165) is 16.6 Å². The number of hydrogen-bond acceptors (Lipinski definition) is 3. The molecule has 1 fully saturated rings. The van der Waals surface area contributed by atoms with Gasteiger partial charge in [0.2, 0.25) is 0 Å². The largest absolute Gasteiger partial charge is 0.260 e. The van der Waals surface area contributed by atoms with Gasteiger partial charge >= 0.3 is 0 Å². The summed E-state index contributed by atoms with van der Waals surface area (Å²) in [6.07, 6.45) is 2.58. The zero-order valence-electron chi connectivity index (χ0n) is 7.57. The van der Waals surface area contributed by atoms with Gasteiger partial charge in [-0.1, -0.05) is 0 Å². The standard InChI is InChI=1S/C9H11BrN2OS/c10-8-1-2-9(12-5-8)7-3-4-14(11,13)6-7/h1-2,5,7,11H,3-4,6H2. The molecule has 2 rings (SSSR count). The normalized spacial score (nSPS) is 31.9. The van der Waals surface area contributed by atoms with Gasteiger partial charge in [-0.2, -0.15) is 0 Å². The Bertz CT molecular complexity index is 427. The van der Waals surface area contributed by atoms with Crippen LogP contribution >= 0.6 is 15.9 Å². The van der Waals surface area contributed by atoms with E-state index in [0.29, 0.717) is 11.5 Å². The molecular weight excluding hydrogens is 264 g/mol. The molecule has 1 aliphatic heterocycles. The fourth-order valence-electron chi connectivity index (χ4n) is 1.69. The first-order valence-corrected chi connectivity index (χ1v) is 7.11. The molecule has 1 aliphatic rings. The molecule has 76 valence electrons. The van der Waals surface area contributed by atoms with Crippen LogP contribution in [0.15, 0.2) is 22.8 Å². The van der Waals surface area contributed by atoms with Crippen molar-refractivity contribution in [3.05, 3.63) is 28.5 Å². The number of nitrogens with one attached hydrogen (secondary N) is 1. The fourth-order valence-corrected chi connectivity index (χ4v) is 3.74. The van der Waals surface area contributed by atoms with Gasteiger partial charge in [0, 0.05) is 43.5 Å². The first-order chi connectivity index (χ1) is 6.57. The maximum absolute atomic E-state index is 11.5. The number of aromatic nitrogens is 1. The number of rotatable bonds is 1. The first-order valence-electron chi connectivity index (χ1n) is 4.42. The molecule has 1 saturated heterocycles. The average molecular weight is 275 g/mol. The van der Waals surface area contributed by atoms with Gasteiger partial charge in [0.15, 0.2) is 0 Å². The average Bonchev–Trinajstić information content (AvgIpc) is 2.47. The van der Waals surface area contributed by atoms with Crippen molar-refractivity contribution >= 4 is 25.7 Å². The van der Waals surface area contributed by atoms with Gasteiger partial charge in [-0.15, -0.1) is 0 Å². The zero-order chi connectivity index (χ0) is 10.2. The van der Waals surface area contributed by atoms with E-state index in [1.807, 2.05) is 12.1 Å². The number of pyridine rings is 1. The molecule has 0 aliphatic carbocycles. The summed E-state index contributed by atoms with van der Waals surface area (Å²) in [6.45, 7) is 0. The third-order valence-electron chi connectivity index (χ3n) is 2.43. The van der Waals surface area contributed by atoms with E-state index in [2.05, 4.69) is 20.9 Å². The quantitative estimate of drug-likeness (QED) is 0.855. The van der Waals surface area contributed by atoms with Crippen LogP contribution in [-0.2, 0) is 9.73 Å². The summed E-state index contributed by atoms with van der Waals surface area (Å²) in [6, 6.07) is 3.88. The smallest absolute Gasteiger partial charge is 0.0448 e. The maximum Gasteiger partial charge on any atom is 0.0448 e. The van der Waals surface area contributed by atoms with E-state index in [1.54, 1.807) is 6.20 Å². The highest BCUT2D eigenvalue weighted by Gasteiger charge is 2.26. The highest BCUT2D eigenvalue weighted by Crippen LogP contribution is 2.28. The van der Waals surface area contributed by atoms with Gasteiger partial charge in [-0.3, -0.25) is 9.76 Å². The lowest BCUT2D eigenvalue weighted by atomic mass is 10.1. The van der Waals surface area contributed by atoms with Crippen molar-refractivity contribution in [2.75, 3.05) is 11.5 Å². The third-order valence-corrected chi connectivity index (χ3v) is 4.74. The van der Waals surface area contributed by atoms with Gasteiger partial charge in [0.25, 0.3) is 0 Å². The molecule has 0 bridgehead atoms. The number of hydrogen-bond donors (Lipinski definition) is 1. The molecule has 0 spiro atoms. The van der Waals surface area contributed by atoms with Crippen LogP contribution in [0.1, 0.15) is 18.0 Å². The predicted octanol–water partition coefficient (Wildman–Crippen LogP) is 2.38. The molecule has 3 nitrogen and oxygen atoms in total. The van der Waals surface area contributed by atoms with Gasteiger partial charge in [0.1, 0.15) is 0 Å². The van der Waals surface area contributed by atoms with E-state index in [-0.39, 0.29) is 5.92 Å². The van der Waals surface area contributed by atoms with Crippen LogP contribution in [0, 0.1) is 4.78 Å². The molecule has 0 saturated carbocycles. The molecule has 0 radical (unpaired) electrons. The topological polar surface area (TPSA) is 53.8 Å². The summed E-state index contributed by atoms with van der Waals surface area (Å²) in [5, 5.41) is 0. The van der Waals surface area contributed by atoms with Crippen molar-refractivity contribution < 1.29 is 4.21 Å². The van der Waals surface area contributed by atoms with E-state index < -0.39 is 9.73 Å². The van der Waals surface area contributed by atoms with Crippen LogP contribution in [0.2, 0.25) is 0 Å².